The van der Waals surface area contributed by atoms with Crippen LogP contribution in [0.1, 0.15) is 10.4 Å². The molecule has 20 heavy (non-hydrogen) atoms. The third-order valence-electron chi connectivity index (χ3n) is 3.14. The minimum Gasteiger partial charge on any atom is -0.389 e. The first-order chi connectivity index (χ1) is 9.54. The number of hydrogen-bond donors (Lipinski definition) is 1. The summed E-state index contributed by atoms with van der Waals surface area (Å²) >= 11 is 0. The predicted molar refractivity (Wildman–Crippen MR) is 65.4 cm³/mol. The monoisotopic (exact) mass is 279 g/mol. The fraction of sp³-hybridized carbons (Fsp3) is 0.231. The van der Waals surface area contributed by atoms with Crippen LogP contribution in [0.3, 0.4) is 0 Å². The van der Waals surface area contributed by atoms with Gasteiger partial charge in [-0.05, 0) is 12.1 Å². The number of aromatic nitrogens is 2. The van der Waals surface area contributed by atoms with E-state index in [4.69, 9.17) is 5.11 Å². The van der Waals surface area contributed by atoms with Gasteiger partial charge in [0.2, 0.25) is 0 Å². The van der Waals surface area contributed by atoms with Crippen molar-refractivity contribution in [3.63, 3.8) is 0 Å². The topological polar surface area (TPSA) is 58.4 Å². The molecule has 0 aliphatic carbocycles. The van der Waals surface area contributed by atoms with Crippen LogP contribution in [-0.2, 0) is 0 Å². The molecule has 1 fully saturated rings. The smallest absolute Gasteiger partial charge is 0.257 e. The summed E-state index contributed by atoms with van der Waals surface area (Å²) in [6, 6.07) is 3.12. The molecule has 1 aliphatic rings. The maximum Gasteiger partial charge on any atom is 0.257 e. The van der Waals surface area contributed by atoms with Gasteiger partial charge in [-0.2, -0.15) is 5.10 Å². The van der Waals surface area contributed by atoms with E-state index in [1.54, 1.807) is 0 Å². The zero-order chi connectivity index (χ0) is 14.3. The van der Waals surface area contributed by atoms with Gasteiger partial charge in [0.15, 0.2) is 5.82 Å². The number of likely N-dealkylation sites (tertiary alicyclic amines) is 1. The van der Waals surface area contributed by atoms with E-state index in [2.05, 4.69) is 5.10 Å². The van der Waals surface area contributed by atoms with E-state index in [1.165, 1.54) is 28.0 Å². The van der Waals surface area contributed by atoms with Gasteiger partial charge in [0, 0.05) is 25.4 Å². The molecule has 0 atom stereocenters. The van der Waals surface area contributed by atoms with Crippen LogP contribution in [0.2, 0.25) is 0 Å². The Morgan fingerprint density at radius 1 is 1.35 bits per heavy atom. The van der Waals surface area contributed by atoms with Crippen LogP contribution in [-0.4, -0.2) is 44.9 Å². The van der Waals surface area contributed by atoms with Gasteiger partial charge < -0.3 is 10.0 Å². The molecule has 1 N–H and O–H groups in total. The Hall–Kier alpha value is -2.28. The number of nitrogens with zero attached hydrogens (tertiary/aromatic N) is 3. The van der Waals surface area contributed by atoms with Crippen molar-refractivity contribution in [2.45, 2.75) is 6.10 Å². The third-order valence-corrected chi connectivity index (χ3v) is 3.14. The number of carbonyl (C=O) groups is 1. The molecule has 0 unspecified atom stereocenters. The summed E-state index contributed by atoms with van der Waals surface area (Å²) in [5.41, 5.74) is 0.356. The van der Waals surface area contributed by atoms with Crippen molar-refractivity contribution in [2.24, 2.45) is 0 Å². The number of benzene rings is 1. The lowest BCUT2D eigenvalue weighted by atomic mass is 10.1. The molecular formula is C13H11F2N3O2. The average molecular weight is 279 g/mol. The van der Waals surface area contributed by atoms with Gasteiger partial charge in [-0.15, -0.1) is 0 Å². The number of β-amino-alcohol motifs (C(OH)–C–C–N with tert-alkyl or cyclic N) is 1. The fourth-order valence-corrected chi connectivity index (χ4v) is 2.04. The molecular weight excluding hydrogens is 268 g/mol. The molecule has 104 valence electrons. The lowest BCUT2D eigenvalue weighted by Crippen LogP contribution is -2.53. The Labute approximate surface area is 113 Å². The first-order valence-corrected chi connectivity index (χ1v) is 6.02. The Morgan fingerprint density at radius 3 is 2.75 bits per heavy atom. The van der Waals surface area contributed by atoms with E-state index in [1.807, 2.05) is 0 Å². The number of halogens is 2. The van der Waals surface area contributed by atoms with Crippen molar-refractivity contribution in [3.8, 4) is 5.69 Å². The van der Waals surface area contributed by atoms with Gasteiger partial charge in [-0.25, -0.2) is 13.5 Å². The molecule has 3 rings (SSSR count). The van der Waals surface area contributed by atoms with Crippen LogP contribution < -0.4 is 0 Å². The Kier molecular flexibility index (Phi) is 2.98. The summed E-state index contributed by atoms with van der Waals surface area (Å²) in [7, 11) is 0. The number of amides is 1. The Morgan fingerprint density at radius 2 is 2.10 bits per heavy atom. The van der Waals surface area contributed by atoms with Crippen molar-refractivity contribution in [3.05, 3.63) is 47.8 Å². The van der Waals surface area contributed by atoms with Crippen molar-refractivity contribution in [1.29, 1.82) is 0 Å². The van der Waals surface area contributed by atoms with Gasteiger partial charge in [0.1, 0.15) is 11.5 Å². The molecule has 1 aromatic carbocycles. The molecule has 7 heteroatoms. The number of rotatable bonds is 2. The van der Waals surface area contributed by atoms with Gasteiger partial charge >= 0.3 is 0 Å². The van der Waals surface area contributed by atoms with Gasteiger partial charge in [-0.1, -0.05) is 0 Å². The van der Waals surface area contributed by atoms with E-state index in [0.717, 1.165) is 12.1 Å². The van der Waals surface area contributed by atoms with E-state index in [-0.39, 0.29) is 24.7 Å². The summed E-state index contributed by atoms with van der Waals surface area (Å²) in [5.74, 6) is -1.71. The fourth-order valence-electron chi connectivity index (χ4n) is 2.04. The standard InChI is InChI=1S/C13H11F2N3O2/c14-9-1-2-12(11(15)3-9)18-5-8(4-16-18)13(20)17-6-10(19)7-17/h1-5,10,19H,6-7H2. The zero-order valence-corrected chi connectivity index (χ0v) is 10.3. The minimum atomic E-state index is -0.758. The van der Waals surface area contributed by atoms with Gasteiger partial charge in [-0.3, -0.25) is 4.79 Å². The lowest BCUT2D eigenvalue weighted by Gasteiger charge is -2.35. The number of aliphatic hydroxyl groups is 1. The zero-order valence-electron chi connectivity index (χ0n) is 10.3. The van der Waals surface area contributed by atoms with Crippen molar-refractivity contribution in [2.75, 3.05) is 13.1 Å². The molecule has 5 nitrogen and oxygen atoms in total. The predicted octanol–water partition coefficient (Wildman–Crippen LogP) is 0.967. The van der Waals surface area contributed by atoms with Gasteiger partial charge in [0.05, 0.1) is 17.9 Å². The summed E-state index contributed by atoms with van der Waals surface area (Å²) in [6.45, 7) is 0.573. The highest BCUT2D eigenvalue weighted by molar-refractivity contribution is 5.94. The number of hydrogen-bond acceptors (Lipinski definition) is 3. The second kappa shape index (κ2) is 4.68. The highest BCUT2D eigenvalue weighted by atomic mass is 19.1. The quantitative estimate of drug-likeness (QED) is 0.891. The molecule has 2 heterocycles. The van der Waals surface area contributed by atoms with Crippen LogP contribution in [0, 0.1) is 11.6 Å². The lowest BCUT2D eigenvalue weighted by molar-refractivity contribution is 0.00589. The number of aliphatic hydroxyl groups excluding tert-OH is 1. The molecule has 2 aromatic rings. The van der Waals surface area contributed by atoms with E-state index in [0.29, 0.717) is 5.56 Å². The Balaban J connectivity index is 1.84. The first-order valence-electron chi connectivity index (χ1n) is 6.02. The molecule has 0 saturated carbocycles. The van der Waals surface area contributed by atoms with Crippen LogP contribution >= 0.6 is 0 Å². The minimum absolute atomic E-state index is 0.0640. The molecule has 0 spiro atoms. The molecule has 1 aliphatic heterocycles. The Bertz CT molecular complexity index is 665. The normalized spacial score (nSPS) is 15.2. The molecule has 1 amide bonds. The van der Waals surface area contributed by atoms with E-state index >= 15 is 0 Å². The van der Waals surface area contributed by atoms with Gasteiger partial charge in [0.25, 0.3) is 5.91 Å². The second-order valence-electron chi connectivity index (χ2n) is 4.63. The number of carbonyl (C=O) groups excluding carboxylic acids is 1. The first kappa shape index (κ1) is 12.7. The molecule has 0 bridgehead atoms. The third kappa shape index (κ3) is 2.16. The summed E-state index contributed by atoms with van der Waals surface area (Å²) in [5, 5.41) is 13.1. The van der Waals surface area contributed by atoms with Crippen molar-refractivity contribution in [1.82, 2.24) is 14.7 Å². The highest BCUT2D eigenvalue weighted by Gasteiger charge is 2.30. The summed E-state index contributed by atoms with van der Waals surface area (Å²) in [6.07, 6.45) is 2.21. The van der Waals surface area contributed by atoms with E-state index < -0.39 is 17.7 Å². The second-order valence-corrected chi connectivity index (χ2v) is 4.63. The van der Waals surface area contributed by atoms with E-state index in [9.17, 15) is 13.6 Å². The maximum atomic E-state index is 13.6. The average Bonchev–Trinajstić information content (AvgIpc) is 2.83. The van der Waals surface area contributed by atoms with Crippen LogP contribution in [0.4, 0.5) is 8.78 Å². The molecule has 1 aromatic heterocycles. The van der Waals surface area contributed by atoms with Crippen LogP contribution in [0.25, 0.3) is 5.69 Å². The maximum absolute atomic E-state index is 13.6. The van der Waals surface area contributed by atoms with Crippen molar-refractivity contribution < 1.29 is 18.7 Å². The summed E-state index contributed by atoms with van der Waals surface area (Å²) < 4.78 is 27.6. The SMILES string of the molecule is O=C(c1cnn(-c2ccc(F)cc2F)c1)N1CC(O)C1. The molecule has 0 radical (unpaired) electrons. The van der Waals surface area contributed by atoms with Crippen LogP contribution in [0.15, 0.2) is 30.6 Å². The highest BCUT2D eigenvalue weighted by Crippen LogP contribution is 2.17. The summed E-state index contributed by atoms with van der Waals surface area (Å²) in [4.78, 5) is 13.4. The largest absolute Gasteiger partial charge is 0.389 e. The van der Waals surface area contributed by atoms with Crippen molar-refractivity contribution >= 4 is 5.91 Å². The molecule has 1 saturated heterocycles. The van der Waals surface area contributed by atoms with Crippen LogP contribution in [0.5, 0.6) is 0 Å².